The highest BCUT2D eigenvalue weighted by atomic mass is 79.9. The van der Waals surface area contributed by atoms with Gasteiger partial charge in [0.15, 0.2) is 4.33 Å². The van der Waals surface area contributed by atoms with Crippen molar-refractivity contribution in [3.63, 3.8) is 0 Å². The van der Waals surface area contributed by atoms with Gasteiger partial charge in [0.05, 0.1) is 5.88 Å². The zero-order valence-corrected chi connectivity index (χ0v) is 13.3. The van der Waals surface area contributed by atoms with E-state index in [1.807, 2.05) is 0 Å². The summed E-state index contributed by atoms with van der Waals surface area (Å²) in [6, 6.07) is 0. The Morgan fingerprint density at radius 1 is 1.00 bits per heavy atom. The van der Waals surface area contributed by atoms with Gasteiger partial charge in [-0.3, -0.25) is 0 Å². The van der Waals surface area contributed by atoms with E-state index in [9.17, 15) is 13.2 Å². The van der Waals surface area contributed by atoms with Gasteiger partial charge in [-0.05, 0) is 15.9 Å². The lowest BCUT2D eigenvalue weighted by molar-refractivity contribution is -0.0108. The average Bonchev–Trinajstić information content (AvgIpc) is 2.16. The van der Waals surface area contributed by atoms with Crippen LogP contribution in [0, 0.1) is 0 Å². The molecule has 0 rings (SSSR count). The molecule has 0 fully saturated rings. The third-order valence-corrected chi connectivity index (χ3v) is 4.47. The van der Waals surface area contributed by atoms with Gasteiger partial charge in [0, 0.05) is 0 Å². The normalized spacial score (nSPS) is 16.1. The number of hydrogen-bond donors (Lipinski definition) is 0. The number of halogens is 8. The molecule has 0 aliphatic carbocycles. The summed E-state index contributed by atoms with van der Waals surface area (Å²) in [4.78, 5) is -4.06. The second kappa shape index (κ2) is 7.78. The highest BCUT2D eigenvalue weighted by Gasteiger charge is 2.64. The summed E-state index contributed by atoms with van der Waals surface area (Å²) in [7, 11) is 0. The van der Waals surface area contributed by atoms with Gasteiger partial charge in [-0.1, -0.05) is 61.5 Å². The molecule has 0 N–H and O–H groups in total. The number of alkyl halides is 8. The van der Waals surface area contributed by atoms with E-state index in [2.05, 4.69) is 13.8 Å². The minimum absolute atomic E-state index is 0.767. The van der Waals surface area contributed by atoms with E-state index in [-0.39, 0.29) is 0 Å². The first-order valence-corrected chi connectivity index (χ1v) is 6.82. The van der Waals surface area contributed by atoms with Crippen molar-refractivity contribution in [1.29, 1.82) is 0 Å². The molecule has 100 valence electrons. The first-order chi connectivity index (χ1) is 6.97. The van der Waals surface area contributed by atoms with Crippen molar-refractivity contribution < 1.29 is 13.2 Å². The van der Waals surface area contributed by atoms with Gasteiger partial charge in [0.1, 0.15) is 0 Å². The number of unbranched alkanes of at least 4 members (excludes halogenated alkanes) is 1. The van der Waals surface area contributed by atoms with Crippen LogP contribution in [0.1, 0.15) is 26.7 Å². The largest absolute Gasteiger partial charge is 0.351 e. The van der Waals surface area contributed by atoms with E-state index < -0.39 is 20.2 Å². The molecule has 0 bridgehead atoms. The fraction of sp³-hybridized carbons (Fsp3) is 1.00. The Morgan fingerprint density at radius 2 is 1.31 bits per heavy atom. The molecule has 0 amide bonds. The Balaban J connectivity index is 0. The third kappa shape index (κ3) is 5.85. The molecule has 0 aliphatic rings. The molecule has 0 saturated heterocycles. The predicted octanol–water partition coefficient (Wildman–Crippen LogP) is 6.10. The van der Waals surface area contributed by atoms with Crippen LogP contribution >= 0.6 is 62.3 Å². The second-order valence-corrected chi connectivity index (χ2v) is 6.18. The van der Waals surface area contributed by atoms with Gasteiger partial charge in [0.2, 0.25) is 0 Å². The monoisotopic (exact) mass is 384 g/mol. The molecule has 0 aromatic carbocycles. The molecule has 0 aromatic rings. The van der Waals surface area contributed by atoms with E-state index >= 15 is 0 Å². The lowest BCUT2D eigenvalue weighted by atomic mass is 10.3. The SMILES string of the molecule is CCCC.FC(F)(Br)C(F)(Cl)C(Cl)(Cl)CCl. The predicted molar refractivity (Wildman–Crippen MR) is 69.3 cm³/mol. The molecule has 0 aromatic heterocycles. The van der Waals surface area contributed by atoms with Crippen LogP contribution in [0.4, 0.5) is 13.2 Å². The summed E-state index contributed by atoms with van der Waals surface area (Å²) in [6.07, 6.45) is 2.64. The molecule has 0 heterocycles. The first-order valence-electron chi connectivity index (χ1n) is 4.36. The smallest absolute Gasteiger partial charge is 0.215 e. The number of hydrogen-bond acceptors (Lipinski definition) is 0. The van der Waals surface area contributed by atoms with Crippen LogP contribution in [0.25, 0.3) is 0 Å². The molecule has 0 spiro atoms. The standard InChI is InChI=1S/C4H2BrCl4F3.C4H10/c5-4(11,12)3(9,10)2(7,8)1-6;1-3-4-2/h1H2;3-4H2,1-2H3. The van der Waals surface area contributed by atoms with Crippen LogP contribution in [-0.4, -0.2) is 20.2 Å². The maximum absolute atomic E-state index is 13.0. The molecule has 1 atom stereocenters. The lowest BCUT2D eigenvalue weighted by Crippen LogP contribution is -2.49. The highest BCUT2D eigenvalue weighted by Crippen LogP contribution is 2.53. The van der Waals surface area contributed by atoms with E-state index in [0.717, 1.165) is 0 Å². The molecule has 0 radical (unpaired) electrons. The first kappa shape index (κ1) is 19.8. The van der Waals surface area contributed by atoms with Gasteiger partial charge in [-0.15, -0.1) is 11.6 Å². The Labute approximate surface area is 122 Å². The van der Waals surface area contributed by atoms with Crippen LogP contribution in [0.5, 0.6) is 0 Å². The van der Waals surface area contributed by atoms with E-state index in [1.165, 1.54) is 12.8 Å². The van der Waals surface area contributed by atoms with Gasteiger partial charge in [-0.25, -0.2) is 4.39 Å². The van der Waals surface area contributed by atoms with Crippen LogP contribution < -0.4 is 0 Å². The maximum atomic E-state index is 13.0. The fourth-order valence-electron chi connectivity index (χ4n) is 0.291. The zero-order chi connectivity index (χ0) is 13.6. The maximum Gasteiger partial charge on any atom is 0.351 e. The van der Waals surface area contributed by atoms with Crippen molar-refractivity contribution in [2.75, 3.05) is 5.88 Å². The van der Waals surface area contributed by atoms with E-state index in [0.29, 0.717) is 0 Å². The molecule has 16 heavy (non-hydrogen) atoms. The van der Waals surface area contributed by atoms with Crippen molar-refractivity contribution in [2.45, 2.75) is 41.0 Å². The Morgan fingerprint density at radius 3 is 1.38 bits per heavy atom. The summed E-state index contributed by atoms with van der Waals surface area (Å²) in [5.41, 5.74) is 0. The average molecular weight is 387 g/mol. The Kier molecular flexibility index (Phi) is 9.60. The van der Waals surface area contributed by atoms with Crippen molar-refractivity contribution >= 4 is 62.3 Å². The summed E-state index contributed by atoms with van der Waals surface area (Å²) >= 11 is 21.8. The van der Waals surface area contributed by atoms with E-state index in [1.54, 1.807) is 15.9 Å². The fourth-order valence-corrected chi connectivity index (χ4v) is 1.41. The minimum Gasteiger partial charge on any atom is -0.215 e. The molecular formula is C8H12BrCl4F3. The second-order valence-electron chi connectivity index (χ2n) is 2.91. The summed E-state index contributed by atoms with van der Waals surface area (Å²) in [6.45, 7) is 4.36. The molecule has 0 nitrogen and oxygen atoms in total. The van der Waals surface area contributed by atoms with Crippen LogP contribution in [0.15, 0.2) is 0 Å². The summed E-state index contributed by atoms with van der Waals surface area (Å²) in [5.74, 6) is -0.767. The molecular weight excluding hydrogens is 375 g/mol. The lowest BCUT2D eigenvalue weighted by Gasteiger charge is -2.32. The quantitative estimate of drug-likeness (QED) is 0.512. The van der Waals surface area contributed by atoms with Crippen molar-refractivity contribution in [2.24, 2.45) is 0 Å². The van der Waals surface area contributed by atoms with Gasteiger partial charge in [0.25, 0.3) is 5.13 Å². The van der Waals surface area contributed by atoms with Gasteiger partial charge >= 0.3 is 4.83 Å². The van der Waals surface area contributed by atoms with E-state index in [4.69, 9.17) is 46.4 Å². The topological polar surface area (TPSA) is 0 Å². The molecule has 1 unspecified atom stereocenters. The number of rotatable bonds is 4. The van der Waals surface area contributed by atoms with Crippen molar-refractivity contribution in [1.82, 2.24) is 0 Å². The van der Waals surface area contributed by atoms with Crippen LogP contribution in [0.2, 0.25) is 0 Å². The molecule has 0 saturated carbocycles. The highest BCUT2D eigenvalue weighted by molar-refractivity contribution is 9.10. The summed E-state index contributed by atoms with van der Waals surface area (Å²) < 4.78 is 35.2. The van der Waals surface area contributed by atoms with Crippen molar-refractivity contribution in [3.8, 4) is 0 Å². The Hall–Kier alpha value is 1.43. The van der Waals surface area contributed by atoms with Crippen LogP contribution in [0.3, 0.4) is 0 Å². The van der Waals surface area contributed by atoms with Crippen LogP contribution in [-0.2, 0) is 0 Å². The Bertz CT molecular complexity index is 192. The van der Waals surface area contributed by atoms with Crippen molar-refractivity contribution in [3.05, 3.63) is 0 Å². The molecule has 0 aliphatic heterocycles. The third-order valence-electron chi connectivity index (χ3n) is 1.48. The van der Waals surface area contributed by atoms with Gasteiger partial charge in [-0.2, -0.15) is 8.78 Å². The molecule has 8 heteroatoms. The van der Waals surface area contributed by atoms with Gasteiger partial charge < -0.3 is 0 Å². The summed E-state index contributed by atoms with van der Waals surface area (Å²) in [5, 5.41) is -3.66. The minimum atomic E-state index is -4.06. The zero-order valence-electron chi connectivity index (χ0n) is 8.65.